The van der Waals surface area contributed by atoms with Gasteiger partial charge in [0.1, 0.15) is 11.8 Å². The van der Waals surface area contributed by atoms with Crippen molar-refractivity contribution in [2.24, 2.45) is 0 Å². The van der Waals surface area contributed by atoms with E-state index in [0.29, 0.717) is 24.7 Å². The molecule has 3 rings (SSSR count). The molecule has 1 amide bonds. The number of likely N-dealkylation sites (tertiary alicyclic amines) is 1. The summed E-state index contributed by atoms with van der Waals surface area (Å²) in [6, 6.07) is 3.64. The van der Waals surface area contributed by atoms with Gasteiger partial charge in [-0.2, -0.15) is 5.10 Å². The number of hydrogen-bond acceptors (Lipinski definition) is 6. The van der Waals surface area contributed by atoms with Gasteiger partial charge in [-0.1, -0.05) is 0 Å². The van der Waals surface area contributed by atoms with Crippen LogP contribution in [-0.4, -0.2) is 50.2 Å². The lowest BCUT2D eigenvalue weighted by atomic mass is 10.3. The molecule has 1 aliphatic rings. The van der Waals surface area contributed by atoms with Crippen molar-refractivity contribution in [3.05, 3.63) is 41.6 Å². The summed E-state index contributed by atoms with van der Waals surface area (Å²) in [6.07, 6.45) is 3.80. The molecule has 7 heteroatoms. The van der Waals surface area contributed by atoms with Gasteiger partial charge in [0.25, 0.3) is 5.91 Å². The van der Waals surface area contributed by atoms with E-state index in [1.807, 2.05) is 19.9 Å². The van der Waals surface area contributed by atoms with Crippen molar-refractivity contribution in [2.75, 3.05) is 13.1 Å². The number of hydrogen-bond donors (Lipinski definition) is 0. The number of ether oxygens (including phenoxy) is 1. The molecule has 7 nitrogen and oxygen atoms in total. The fourth-order valence-corrected chi connectivity index (χ4v) is 2.29. The third-order valence-corrected chi connectivity index (χ3v) is 3.49. The van der Waals surface area contributed by atoms with Crippen LogP contribution in [0.4, 0.5) is 0 Å². The highest BCUT2D eigenvalue weighted by Gasteiger charge is 2.29. The molecule has 0 bridgehead atoms. The van der Waals surface area contributed by atoms with Crippen molar-refractivity contribution in [3.63, 3.8) is 0 Å². The quantitative estimate of drug-likeness (QED) is 0.846. The van der Waals surface area contributed by atoms with Crippen molar-refractivity contribution in [2.45, 2.75) is 26.4 Å². The Morgan fingerprint density at radius 2 is 2.05 bits per heavy atom. The van der Waals surface area contributed by atoms with E-state index in [-0.39, 0.29) is 12.0 Å². The first-order valence-electron chi connectivity index (χ1n) is 7.17. The van der Waals surface area contributed by atoms with Crippen molar-refractivity contribution < 1.29 is 9.53 Å². The molecule has 0 aliphatic carbocycles. The molecule has 1 atom stereocenters. The standard InChI is InChI=1S/C15H17N5O2/c1-10-3-4-14(19-18-10)22-12-5-6-20(9-12)15(21)13-8-16-11(2)7-17-13/h3-4,7-8,12H,5-6,9H2,1-2H3/t12-/m0/s1. The van der Waals surface area contributed by atoms with Crippen LogP contribution in [0.3, 0.4) is 0 Å². The third kappa shape index (κ3) is 3.19. The summed E-state index contributed by atoms with van der Waals surface area (Å²) < 4.78 is 5.76. The van der Waals surface area contributed by atoms with Gasteiger partial charge in [0.05, 0.1) is 24.1 Å². The largest absolute Gasteiger partial charge is 0.471 e. The van der Waals surface area contributed by atoms with Crippen LogP contribution in [0.5, 0.6) is 5.88 Å². The molecule has 1 fully saturated rings. The first-order chi connectivity index (χ1) is 10.6. The Morgan fingerprint density at radius 1 is 1.18 bits per heavy atom. The first kappa shape index (κ1) is 14.4. The lowest BCUT2D eigenvalue weighted by molar-refractivity contribution is 0.0764. The number of nitrogens with zero attached hydrogens (tertiary/aromatic N) is 5. The van der Waals surface area contributed by atoms with Crippen LogP contribution >= 0.6 is 0 Å². The zero-order valence-corrected chi connectivity index (χ0v) is 12.6. The number of carbonyl (C=O) groups excluding carboxylic acids is 1. The summed E-state index contributed by atoms with van der Waals surface area (Å²) in [6.45, 7) is 4.86. The van der Waals surface area contributed by atoms with E-state index < -0.39 is 0 Å². The molecule has 1 aliphatic heterocycles. The van der Waals surface area contributed by atoms with E-state index in [1.165, 1.54) is 6.20 Å². The van der Waals surface area contributed by atoms with E-state index in [0.717, 1.165) is 17.8 Å². The lowest BCUT2D eigenvalue weighted by Gasteiger charge is -2.16. The van der Waals surface area contributed by atoms with E-state index in [4.69, 9.17) is 4.74 Å². The average molecular weight is 299 g/mol. The molecular formula is C15H17N5O2. The molecule has 0 spiro atoms. The molecule has 2 aromatic heterocycles. The second kappa shape index (κ2) is 6.05. The molecule has 22 heavy (non-hydrogen) atoms. The van der Waals surface area contributed by atoms with Crippen molar-refractivity contribution >= 4 is 5.91 Å². The van der Waals surface area contributed by atoms with Crippen molar-refractivity contribution in [1.82, 2.24) is 25.1 Å². The van der Waals surface area contributed by atoms with Gasteiger partial charge in [0, 0.05) is 25.2 Å². The predicted molar refractivity (Wildman–Crippen MR) is 78.5 cm³/mol. The summed E-state index contributed by atoms with van der Waals surface area (Å²) in [5.74, 6) is 0.369. The van der Waals surface area contributed by atoms with Gasteiger partial charge in [-0.05, 0) is 19.9 Å². The topological polar surface area (TPSA) is 81.1 Å². The minimum Gasteiger partial charge on any atom is -0.471 e. The molecule has 0 unspecified atom stereocenters. The second-order valence-electron chi connectivity index (χ2n) is 5.34. The third-order valence-electron chi connectivity index (χ3n) is 3.49. The van der Waals surface area contributed by atoms with E-state index in [1.54, 1.807) is 17.2 Å². The highest BCUT2D eigenvalue weighted by Crippen LogP contribution is 2.17. The maximum atomic E-state index is 12.3. The molecule has 1 saturated heterocycles. The smallest absolute Gasteiger partial charge is 0.274 e. The van der Waals surface area contributed by atoms with Crippen LogP contribution in [0.25, 0.3) is 0 Å². The fourth-order valence-electron chi connectivity index (χ4n) is 2.29. The highest BCUT2D eigenvalue weighted by molar-refractivity contribution is 5.92. The average Bonchev–Trinajstić information content (AvgIpc) is 2.98. The molecule has 2 aromatic rings. The van der Waals surface area contributed by atoms with Crippen molar-refractivity contribution in [3.8, 4) is 5.88 Å². The summed E-state index contributed by atoms with van der Waals surface area (Å²) in [5, 5.41) is 7.94. The molecule has 0 N–H and O–H groups in total. The summed E-state index contributed by atoms with van der Waals surface area (Å²) >= 11 is 0. The maximum absolute atomic E-state index is 12.3. The summed E-state index contributed by atoms with van der Waals surface area (Å²) in [4.78, 5) is 22.3. The Hall–Kier alpha value is -2.57. The number of aromatic nitrogens is 4. The number of amides is 1. The van der Waals surface area contributed by atoms with Gasteiger partial charge in [-0.15, -0.1) is 5.10 Å². The molecule has 3 heterocycles. The van der Waals surface area contributed by atoms with Gasteiger partial charge < -0.3 is 9.64 Å². The van der Waals surface area contributed by atoms with Crippen LogP contribution in [0.15, 0.2) is 24.5 Å². The molecule has 0 radical (unpaired) electrons. The normalized spacial score (nSPS) is 17.5. The molecule has 0 saturated carbocycles. The molecule has 114 valence electrons. The lowest BCUT2D eigenvalue weighted by Crippen LogP contribution is -2.31. The van der Waals surface area contributed by atoms with Crippen LogP contribution < -0.4 is 4.74 Å². The number of rotatable bonds is 3. The maximum Gasteiger partial charge on any atom is 0.274 e. The Bertz CT molecular complexity index is 657. The highest BCUT2D eigenvalue weighted by atomic mass is 16.5. The fraction of sp³-hybridized carbons (Fsp3) is 0.400. The predicted octanol–water partition coefficient (Wildman–Crippen LogP) is 1.18. The van der Waals surface area contributed by atoms with E-state index in [2.05, 4.69) is 20.2 Å². The van der Waals surface area contributed by atoms with Crippen LogP contribution in [0, 0.1) is 13.8 Å². The SMILES string of the molecule is Cc1cnc(C(=O)N2CC[C@H](Oc3ccc(C)nn3)C2)cn1. The number of carbonyl (C=O) groups is 1. The minimum atomic E-state index is -0.117. The van der Waals surface area contributed by atoms with Gasteiger partial charge >= 0.3 is 0 Å². The first-order valence-corrected chi connectivity index (χ1v) is 7.17. The Kier molecular flexibility index (Phi) is 3.95. The van der Waals surface area contributed by atoms with E-state index >= 15 is 0 Å². The summed E-state index contributed by atoms with van der Waals surface area (Å²) in [7, 11) is 0. The van der Waals surface area contributed by atoms with Crippen LogP contribution in [0.2, 0.25) is 0 Å². The zero-order valence-electron chi connectivity index (χ0n) is 12.6. The van der Waals surface area contributed by atoms with Gasteiger partial charge in [0.2, 0.25) is 5.88 Å². The molecule has 0 aromatic carbocycles. The van der Waals surface area contributed by atoms with E-state index in [9.17, 15) is 4.79 Å². The Morgan fingerprint density at radius 3 is 2.73 bits per heavy atom. The molecular weight excluding hydrogens is 282 g/mol. The van der Waals surface area contributed by atoms with Crippen LogP contribution in [-0.2, 0) is 0 Å². The van der Waals surface area contributed by atoms with Crippen molar-refractivity contribution in [1.29, 1.82) is 0 Å². The Labute approximate surface area is 128 Å². The monoisotopic (exact) mass is 299 g/mol. The van der Waals surface area contributed by atoms with Crippen LogP contribution in [0.1, 0.15) is 28.3 Å². The number of aryl methyl sites for hydroxylation is 2. The zero-order chi connectivity index (χ0) is 15.5. The van der Waals surface area contributed by atoms with Gasteiger partial charge in [0.15, 0.2) is 0 Å². The Balaban J connectivity index is 1.61. The second-order valence-corrected chi connectivity index (χ2v) is 5.34. The van der Waals surface area contributed by atoms with Gasteiger partial charge in [-0.3, -0.25) is 9.78 Å². The van der Waals surface area contributed by atoms with Gasteiger partial charge in [-0.25, -0.2) is 4.98 Å². The summed E-state index contributed by atoms with van der Waals surface area (Å²) in [5.41, 5.74) is 1.99. The minimum absolute atomic E-state index is 0.0700.